The van der Waals surface area contributed by atoms with Crippen molar-refractivity contribution in [1.82, 2.24) is 20.1 Å². The van der Waals surface area contributed by atoms with Crippen molar-refractivity contribution in [3.63, 3.8) is 0 Å². The van der Waals surface area contributed by atoms with E-state index in [1.54, 1.807) is 0 Å². The smallest absolute Gasteiger partial charge is 0.326 e. The van der Waals surface area contributed by atoms with Gasteiger partial charge in [-0.15, -0.1) is 0 Å². The van der Waals surface area contributed by atoms with E-state index in [4.69, 9.17) is 5.73 Å². The maximum Gasteiger partial charge on any atom is 0.326 e. The van der Waals surface area contributed by atoms with Crippen LogP contribution in [0.25, 0.3) is 10.9 Å². The summed E-state index contributed by atoms with van der Waals surface area (Å²) in [4.78, 5) is 56.2. The summed E-state index contributed by atoms with van der Waals surface area (Å²) in [5, 5.41) is 22.6. The highest BCUT2D eigenvalue weighted by Crippen LogP contribution is 2.23. The highest BCUT2D eigenvalue weighted by atomic mass is 16.4. The topological polar surface area (TPSA) is 169 Å². The van der Waals surface area contributed by atoms with E-state index < -0.39 is 48.6 Å². The van der Waals surface area contributed by atoms with Crippen molar-refractivity contribution in [3.8, 4) is 0 Å². The Kier molecular flexibility index (Phi) is 7.37. The van der Waals surface area contributed by atoms with Gasteiger partial charge in [0.15, 0.2) is 0 Å². The van der Waals surface area contributed by atoms with E-state index in [2.05, 4.69) is 10.3 Å². The number of aromatic nitrogens is 1. The molecule has 188 valence electrons. The Morgan fingerprint density at radius 1 is 1.06 bits per heavy atom. The van der Waals surface area contributed by atoms with Crippen molar-refractivity contribution in [2.45, 2.75) is 56.3 Å². The minimum Gasteiger partial charge on any atom is -0.480 e. The maximum absolute atomic E-state index is 13.2. The molecule has 4 atom stereocenters. The van der Waals surface area contributed by atoms with E-state index >= 15 is 0 Å². The summed E-state index contributed by atoms with van der Waals surface area (Å²) in [5.74, 6) is -2.67. The molecule has 0 aliphatic carbocycles. The second kappa shape index (κ2) is 10.4. The fraction of sp³-hybridized carbons (Fsp3) is 0.500. The molecule has 2 aliphatic heterocycles. The van der Waals surface area contributed by atoms with Crippen LogP contribution in [0.5, 0.6) is 0 Å². The van der Waals surface area contributed by atoms with Gasteiger partial charge in [-0.2, -0.15) is 0 Å². The zero-order valence-electron chi connectivity index (χ0n) is 19.4. The molecule has 2 aliphatic rings. The summed E-state index contributed by atoms with van der Waals surface area (Å²) in [6.07, 6.45) is 4.00. The van der Waals surface area contributed by atoms with Crippen LogP contribution in [0.4, 0.5) is 0 Å². The molecule has 3 heterocycles. The number of nitrogens with two attached hydrogens (primary N) is 1. The third kappa shape index (κ3) is 5.01. The number of amides is 3. The highest BCUT2D eigenvalue weighted by molar-refractivity contribution is 5.95. The Morgan fingerprint density at radius 3 is 2.40 bits per heavy atom. The van der Waals surface area contributed by atoms with Gasteiger partial charge in [-0.25, -0.2) is 4.79 Å². The molecule has 2 fully saturated rings. The number of aliphatic hydroxyl groups is 1. The zero-order valence-corrected chi connectivity index (χ0v) is 19.4. The average molecular weight is 486 g/mol. The molecule has 0 saturated carbocycles. The van der Waals surface area contributed by atoms with Gasteiger partial charge < -0.3 is 36.0 Å². The molecule has 2 aromatic rings. The Balaban J connectivity index is 1.40. The number of carbonyl (C=O) groups is 4. The molecule has 35 heavy (non-hydrogen) atoms. The molecular formula is C24H31N5O6. The number of carboxylic acids is 1. The summed E-state index contributed by atoms with van der Waals surface area (Å²) >= 11 is 0. The number of carboxylic acid groups (broad SMARTS) is 1. The van der Waals surface area contributed by atoms with Crippen molar-refractivity contribution in [3.05, 3.63) is 36.0 Å². The fourth-order valence-electron chi connectivity index (χ4n) is 5.08. The van der Waals surface area contributed by atoms with Gasteiger partial charge >= 0.3 is 5.97 Å². The van der Waals surface area contributed by atoms with Crippen LogP contribution >= 0.6 is 0 Å². The molecule has 11 heteroatoms. The molecule has 4 rings (SSSR count). The molecule has 1 aromatic heterocycles. The predicted octanol–water partition coefficient (Wildman–Crippen LogP) is -0.419. The van der Waals surface area contributed by atoms with Crippen LogP contribution in [0.2, 0.25) is 0 Å². The first kappa shape index (κ1) is 24.7. The summed E-state index contributed by atoms with van der Waals surface area (Å²) in [6, 6.07) is 3.80. The predicted molar refractivity (Wildman–Crippen MR) is 126 cm³/mol. The zero-order chi connectivity index (χ0) is 25.1. The highest BCUT2D eigenvalue weighted by Gasteiger charge is 2.40. The lowest BCUT2D eigenvalue weighted by Crippen LogP contribution is -2.57. The van der Waals surface area contributed by atoms with Crippen LogP contribution in [0.15, 0.2) is 30.5 Å². The number of fused-ring (bicyclic) bond motifs is 1. The number of para-hydroxylation sites is 1. The van der Waals surface area contributed by atoms with Gasteiger partial charge in [0.2, 0.25) is 17.7 Å². The van der Waals surface area contributed by atoms with E-state index in [0.29, 0.717) is 38.6 Å². The summed E-state index contributed by atoms with van der Waals surface area (Å²) in [7, 11) is 0. The van der Waals surface area contributed by atoms with Crippen molar-refractivity contribution in [1.29, 1.82) is 0 Å². The van der Waals surface area contributed by atoms with Gasteiger partial charge in [0, 0.05) is 30.2 Å². The van der Waals surface area contributed by atoms with Gasteiger partial charge in [-0.3, -0.25) is 14.4 Å². The monoisotopic (exact) mass is 485 g/mol. The first-order chi connectivity index (χ1) is 16.8. The molecule has 4 unspecified atom stereocenters. The first-order valence-corrected chi connectivity index (χ1v) is 11.9. The molecule has 6 N–H and O–H groups in total. The van der Waals surface area contributed by atoms with Gasteiger partial charge in [-0.05, 0) is 43.7 Å². The van der Waals surface area contributed by atoms with E-state index in [0.717, 1.165) is 16.5 Å². The second-order valence-corrected chi connectivity index (χ2v) is 9.13. The van der Waals surface area contributed by atoms with Crippen LogP contribution in [0.1, 0.15) is 31.2 Å². The Labute approximate surface area is 202 Å². The number of rotatable bonds is 8. The number of likely N-dealkylation sites (tertiary alicyclic amines) is 2. The number of hydrogen-bond acceptors (Lipinski definition) is 6. The Hall–Kier alpha value is -3.44. The number of aliphatic hydroxyl groups excluding tert-OH is 1. The molecule has 1 aromatic carbocycles. The second-order valence-electron chi connectivity index (χ2n) is 9.13. The largest absolute Gasteiger partial charge is 0.480 e. The molecule has 3 amide bonds. The van der Waals surface area contributed by atoms with Crippen molar-refractivity contribution in [2.75, 3.05) is 19.7 Å². The van der Waals surface area contributed by atoms with Gasteiger partial charge in [0.25, 0.3) is 0 Å². The Morgan fingerprint density at radius 2 is 1.71 bits per heavy atom. The van der Waals surface area contributed by atoms with Crippen molar-refractivity contribution < 1.29 is 29.4 Å². The number of benzene rings is 1. The van der Waals surface area contributed by atoms with Gasteiger partial charge in [-0.1, -0.05) is 18.2 Å². The van der Waals surface area contributed by atoms with Crippen LogP contribution in [-0.2, 0) is 25.6 Å². The molecule has 11 nitrogen and oxygen atoms in total. The summed E-state index contributed by atoms with van der Waals surface area (Å²) in [6.45, 7) is -0.0590. The number of nitrogens with zero attached hydrogens (tertiary/aromatic N) is 2. The number of aromatic amines is 1. The summed E-state index contributed by atoms with van der Waals surface area (Å²) < 4.78 is 0. The molecular weight excluding hydrogens is 454 g/mol. The van der Waals surface area contributed by atoms with Crippen LogP contribution < -0.4 is 11.1 Å². The molecule has 2 saturated heterocycles. The SMILES string of the molecule is NC(Cc1c[nH]c2ccccc12)C(=O)N1CCCC1C(=O)NC(CO)C(=O)N1CCCC1C(=O)O. The molecule has 0 bridgehead atoms. The normalized spacial score (nSPS) is 21.8. The number of carbonyl (C=O) groups excluding carboxylic acids is 3. The lowest BCUT2D eigenvalue weighted by Gasteiger charge is -2.30. The first-order valence-electron chi connectivity index (χ1n) is 11.9. The Bertz CT molecular complexity index is 1120. The van der Waals surface area contributed by atoms with Crippen LogP contribution in [-0.4, -0.2) is 92.6 Å². The van der Waals surface area contributed by atoms with Crippen molar-refractivity contribution >= 4 is 34.6 Å². The van der Waals surface area contributed by atoms with Gasteiger partial charge in [0.05, 0.1) is 12.6 Å². The number of nitrogens with one attached hydrogen (secondary N) is 2. The lowest BCUT2D eigenvalue weighted by atomic mass is 10.0. The minimum absolute atomic E-state index is 0.249. The number of H-pyrrole nitrogens is 1. The number of aliphatic carboxylic acids is 1. The van der Waals surface area contributed by atoms with E-state index in [1.807, 2.05) is 30.5 Å². The van der Waals surface area contributed by atoms with Crippen LogP contribution in [0, 0.1) is 0 Å². The van der Waals surface area contributed by atoms with E-state index in [9.17, 15) is 29.4 Å². The fourth-order valence-corrected chi connectivity index (χ4v) is 5.08. The summed E-state index contributed by atoms with van der Waals surface area (Å²) in [5.41, 5.74) is 8.11. The third-order valence-electron chi connectivity index (χ3n) is 6.89. The van der Waals surface area contributed by atoms with Gasteiger partial charge in [0.1, 0.15) is 18.1 Å². The minimum atomic E-state index is -1.28. The maximum atomic E-state index is 13.2. The quantitative estimate of drug-likeness (QED) is 0.338. The van der Waals surface area contributed by atoms with E-state index in [1.165, 1.54) is 9.80 Å². The lowest BCUT2D eigenvalue weighted by molar-refractivity contribution is -0.150. The van der Waals surface area contributed by atoms with Crippen molar-refractivity contribution in [2.24, 2.45) is 5.73 Å². The standard InChI is InChI=1S/C24H31N5O6/c25-16(11-14-12-26-17-6-2-1-5-15(14)17)22(32)28-9-3-7-19(28)21(31)27-18(13-30)23(33)29-10-4-8-20(29)24(34)35/h1-2,5-6,12,16,18-20,26,30H,3-4,7-11,13,25H2,(H,27,31)(H,34,35). The molecule has 0 radical (unpaired) electrons. The average Bonchev–Trinajstić information content (AvgIpc) is 3.61. The molecule has 0 spiro atoms. The number of hydrogen-bond donors (Lipinski definition) is 5. The van der Waals surface area contributed by atoms with E-state index in [-0.39, 0.29) is 12.5 Å². The third-order valence-corrected chi connectivity index (χ3v) is 6.89. The van der Waals surface area contributed by atoms with Crippen LogP contribution in [0.3, 0.4) is 0 Å².